The first-order chi connectivity index (χ1) is 16.5. The molecule has 8 nitrogen and oxygen atoms in total. The lowest BCUT2D eigenvalue weighted by molar-refractivity contribution is -0.139. The Labute approximate surface area is 199 Å². The number of alkyl halides is 3. The minimum Gasteiger partial charge on any atom is -0.496 e. The lowest BCUT2D eigenvalue weighted by atomic mass is 10.1. The van der Waals surface area contributed by atoms with Crippen molar-refractivity contribution in [2.45, 2.75) is 18.6 Å². The Morgan fingerprint density at radius 3 is 2.49 bits per heavy atom. The van der Waals surface area contributed by atoms with Crippen LogP contribution in [0.2, 0.25) is 0 Å². The molecule has 0 aliphatic carbocycles. The molecule has 184 valence electrons. The number of likely N-dealkylation sites (tertiary alicyclic amines) is 1. The zero-order chi connectivity index (χ0) is 25.8. The van der Waals surface area contributed by atoms with Gasteiger partial charge in [-0.25, -0.2) is 0 Å². The fourth-order valence-corrected chi connectivity index (χ4v) is 3.84. The lowest BCUT2D eigenvalue weighted by Crippen LogP contribution is -2.43. The van der Waals surface area contributed by atoms with Crippen LogP contribution in [-0.2, 0) is 15.8 Å². The first kappa shape index (κ1) is 25.6. The number of nitriles is 1. The highest BCUT2D eigenvalue weighted by Gasteiger charge is 2.39. The van der Waals surface area contributed by atoms with Gasteiger partial charge in [-0.2, -0.15) is 18.4 Å². The highest BCUT2D eigenvalue weighted by Crippen LogP contribution is 2.36. The molecule has 3 amide bonds. The molecule has 1 saturated heterocycles. The van der Waals surface area contributed by atoms with Crippen molar-refractivity contribution in [1.29, 1.82) is 5.26 Å². The van der Waals surface area contributed by atoms with E-state index in [4.69, 9.17) is 4.74 Å². The van der Waals surface area contributed by atoms with Gasteiger partial charge < -0.3 is 19.9 Å². The number of benzene rings is 2. The van der Waals surface area contributed by atoms with Crippen LogP contribution in [0.1, 0.15) is 22.3 Å². The van der Waals surface area contributed by atoms with Crippen LogP contribution >= 0.6 is 0 Å². The summed E-state index contributed by atoms with van der Waals surface area (Å²) in [5, 5.41) is 12.2. The summed E-state index contributed by atoms with van der Waals surface area (Å²) < 4.78 is 44.6. The van der Waals surface area contributed by atoms with Gasteiger partial charge in [-0.3, -0.25) is 14.4 Å². The molecule has 0 bridgehead atoms. The molecule has 35 heavy (non-hydrogen) atoms. The van der Waals surface area contributed by atoms with Crippen molar-refractivity contribution in [2.75, 3.05) is 32.6 Å². The summed E-state index contributed by atoms with van der Waals surface area (Å²) in [5.41, 5.74) is -0.799. The Morgan fingerprint density at radius 2 is 1.89 bits per heavy atom. The second-order valence-corrected chi connectivity index (χ2v) is 8.05. The number of amides is 3. The van der Waals surface area contributed by atoms with E-state index in [9.17, 15) is 32.8 Å². The molecular weight excluding hydrogens is 465 g/mol. The van der Waals surface area contributed by atoms with E-state index in [-0.39, 0.29) is 24.4 Å². The molecule has 1 heterocycles. The van der Waals surface area contributed by atoms with E-state index in [1.807, 2.05) is 6.07 Å². The summed E-state index contributed by atoms with van der Waals surface area (Å²) in [6, 6.07) is 12.7. The molecule has 0 aromatic heterocycles. The smallest absolute Gasteiger partial charge is 0.419 e. The van der Waals surface area contributed by atoms with Crippen molar-refractivity contribution >= 4 is 23.4 Å². The van der Waals surface area contributed by atoms with Crippen LogP contribution in [-0.4, -0.2) is 60.8 Å². The molecule has 0 spiro atoms. The Morgan fingerprint density at radius 1 is 1.20 bits per heavy atom. The molecule has 2 aromatic carbocycles. The van der Waals surface area contributed by atoms with E-state index in [1.54, 1.807) is 30.3 Å². The summed E-state index contributed by atoms with van der Waals surface area (Å²) in [6.07, 6.45) is -4.60. The molecule has 1 aliphatic rings. The Bertz CT molecular complexity index is 1150. The van der Waals surface area contributed by atoms with Gasteiger partial charge >= 0.3 is 6.18 Å². The van der Waals surface area contributed by atoms with E-state index < -0.39 is 47.8 Å². The van der Waals surface area contributed by atoms with E-state index in [0.717, 1.165) is 18.1 Å². The van der Waals surface area contributed by atoms with Crippen LogP contribution in [0.3, 0.4) is 0 Å². The normalized spacial score (nSPS) is 17.4. The summed E-state index contributed by atoms with van der Waals surface area (Å²) in [7, 11) is 2.36. The van der Waals surface area contributed by atoms with Crippen molar-refractivity contribution < 1.29 is 32.3 Å². The van der Waals surface area contributed by atoms with Crippen LogP contribution < -0.4 is 10.1 Å². The van der Waals surface area contributed by atoms with Crippen LogP contribution in [0.5, 0.6) is 5.75 Å². The van der Waals surface area contributed by atoms with Gasteiger partial charge in [0.1, 0.15) is 11.8 Å². The molecule has 2 aromatic rings. The monoisotopic (exact) mass is 488 g/mol. The second kappa shape index (κ2) is 10.5. The molecular formula is C24H23F3N4O4. The zero-order valence-corrected chi connectivity index (χ0v) is 19.0. The van der Waals surface area contributed by atoms with Gasteiger partial charge in [0.25, 0.3) is 5.91 Å². The number of carbonyl (C=O) groups excluding carboxylic acids is 3. The van der Waals surface area contributed by atoms with E-state index >= 15 is 0 Å². The number of para-hydroxylation sites is 1. The maximum absolute atomic E-state index is 13.3. The van der Waals surface area contributed by atoms with Crippen molar-refractivity contribution in [1.82, 2.24) is 9.80 Å². The quantitative estimate of drug-likeness (QED) is 0.673. The number of carbonyl (C=O) groups is 3. The number of hydrogen-bond donors (Lipinski definition) is 1. The fraction of sp³-hybridized carbons (Fsp3) is 0.333. The van der Waals surface area contributed by atoms with Crippen LogP contribution in [0.15, 0.2) is 48.5 Å². The number of anilines is 1. The molecule has 3 rings (SSSR count). The van der Waals surface area contributed by atoms with Gasteiger partial charge in [-0.15, -0.1) is 0 Å². The van der Waals surface area contributed by atoms with Gasteiger partial charge in [-0.05, 0) is 36.8 Å². The van der Waals surface area contributed by atoms with Crippen LogP contribution in [0, 0.1) is 17.2 Å². The second-order valence-electron chi connectivity index (χ2n) is 8.05. The average Bonchev–Trinajstić information content (AvgIpc) is 3.28. The molecule has 2 unspecified atom stereocenters. The van der Waals surface area contributed by atoms with Crippen molar-refractivity contribution in [2.24, 2.45) is 5.92 Å². The number of likely N-dealkylation sites (N-methyl/N-ethyl adjacent to an activating group) is 1. The molecule has 11 heteroatoms. The number of nitrogens with one attached hydrogen (secondary N) is 1. The highest BCUT2D eigenvalue weighted by molar-refractivity contribution is 5.97. The third kappa shape index (κ3) is 5.90. The van der Waals surface area contributed by atoms with E-state index in [1.165, 1.54) is 18.0 Å². The van der Waals surface area contributed by atoms with Gasteiger partial charge in [0.2, 0.25) is 11.8 Å². The first-order valence-electron chi connectivity index (χ1n) is 10.6. The van der Waals surface area contributed by atoms with Crippen LogP contribution in [0.4, 0.5) is 18.9 Å². The van der Waals surface area contributed by atoms with Crippen molar-refractivity contribution in [3.63, 3.8) is 0 Å². The Balaban J connectivity index is 1.68. The first-order valence-corrected chi connectivity index (χ1v) is 10.6. The summed E-state index contributed by atoms with van der Waals surface area (Å²) >= 11 is 0. The number of hydrogen-bond acceptors (Lipinski definition) is 5. The van der Waals surface area contributed by atoms with Crippen molar-refractivity contribution in [3.8, 4) is 11.8 Å². The Kier molecular flexibility index (Phi) is 7.64. The molecule has 0 saturated carbocycles. The minimum atomic E-state index is -4.74. The predicted octanol–water partition coefficient (Wildman–Crippen LogP) is 3.17. The summed E-state index contributed by atoms with van der Waals surface area (Å²) in [4.78, 5) is 40.4. The zero-order valence-electron chi connectivity index (χ0n) is 19.0. The average molecular weight is 488 g/mol. The minimum absolute atomic E-state index is 0.0154. The SMILES string of the molecule is COc1ccc(C(=O)N(C)CC(=O)N2CC(C(=O)Nc3ccccc3)CC2C#N)cc1C(F)(F)F. The summed E-state index contributed by atoms with van der Waals surface area (Å²) in [6.45, 7) is -0.490. The maximum atomic E-state index is 13.3. The van der Waals surface area contributed by atoms with E-state index in [2.05, 4.69) is 5.32 Å². The number of methoxy groups -OCH3 is 1. The standard InChI is InChI=1S/C24H23F3N4O4/c1-30(23(34)15-8-9-20(35-2)19(11-15)24(25,26)27)14-21(32)31-13-16(10-18(31)12-28)22(33)29-17-6-4-3-5-7-17/h3-9,11,16,18H,10,13-14H2,1-2H3,(H,29,33). The molecule has 0 radical (unpaired) electrons. The number of rotatable bonds is 6. The highest BCUT2D eigenvalue weighted by atomic mass is 19.4. The molecule has 1 aliphatic heterocycles. The van der Waals surface area contributed by atoms with Gasteiger partial charge in [0.05, 0.1) is 31.2 Å². The number of halogens is 3. The molecule has 1 N–H and O–H groups in total. The Hall–Kier alpha value is -4.07. The largest absolute Gasteiger partial charge is 0.496 e. The van der Waals surface area contributed by atoms with Gasteiger partial charge in [0.15, 0.2) is 0 Å². The topological polar surface area (TPSA) is 103 Å². The molecule has 1 fully saturated rings. The lowest BCUT2D eigenvalue weighted by Gasteiger charge is -2.24. The third-order valence-corrected chi connectivity index (χ3v) is 5.65. The fourth-order valence-electron chi connectivity index (χ4n) is 3.84. The van der Waals surface area contributed by atoms with E-state index in [0.29, 0.717) is 11.8 Å². The van der Waals surface area contributed by atoms with Gasteiger partial charge in [-0.1, -0.05) is 18.2 Å². The maximum Gasteiger partial charge on any atom is 0.419 e. The van der Waals surface area contributed by atoms with Crippen LogP contribution in [0.25, 0.3) is 0 Å². The van der Waals surface area contributed by atoms with Gasteiger partial charge in [0, 0.05) is 24.8 Å². The number of nitrogens with zero attached hydrogens (tertiary/aromatic N) is 3. The predicted molar refractivity (Wildman–Crippen MR) is 119 cm³/mol. The third-order valence-electron chi connectivity index (χ3n) is 5.65. The summed E-state index contributed by atoms with van der Waals surface area (Å²) in [5.74, 6) is -2.79. The number of ether oxygens (including phenoxy) is 1. The molecule has 2 atom stereocenters. The van der Waals surface area contributed by atoms with Crippen molar-refractivity contribution in [3.05, 3.63) is 59.7 Å².